The molecule has 0 amide bonds. The van der Waals surface area contributed by atoms with Crippen molar-refractivity contribution in [3.05, 3.63) is 62.9 Å². The first-order valence-electron chi connectivity index (χ1n) is 10.1. The van der Waals surface area contributed by atoms with Crippen molar-refractivity contribution in [2.45, 2.75) is 31.5 Å². The molecule has 2 heterocycles. The van der Waals surface area contributed by atoms with E-state index in [2.05, 4.69) is 29.0 Å². The van der Waals surface area contributed by atoms with Crippen molar-refractivity contribution < 1.29 is 28.6 Å². The third kappa shape index (κ3) is 7.53. The maximum Gasteiger partial charge on any atom is 0.362 e. The van der Waals surface area contributed by atoms with E-state index in [1.807, 2.05) is 12.1 Å². The highest BCUT2D eigenvalue weighted by molar-refractivity contribution is 8.03. The predicted molar refractivity (Wildman–Crippen MR) is 130 cm³/mol. The Morgan fingerprint density at radius 3 is 2.53 bits per heavy atom. The molecule has 0 saturated carbocycles. The number of carbonyl (C=O) groups is 1. The molecule has 0 bridgehead atoms. The Labute approximate surface area is 211 Å². The van der Waals surface area contributed by atoms with Crippen molar-refractivity contribution in [1.82, 2.24) is 15.2 Å². The first-order chi connectivity index (χ1) is 16.1. The van der Waals surface area contributed by atoms with E-state index < -0.39 is 13.9 Å². The highest BCUT2D eigenvalue weighted by Gasteiger charge is 2.33. The van der Waals surface area contributed by atoms with Crippen LogP contribution in [-0.2, 0) is 20.6 Å². The molecule has 1 aliphatic heterocycles. The summed E-state index contributed by atoms with van der Waals surface area (Å²) in [6.45, 7) is 5.06. The first-order valence-corrected chi connectivity index (χ1v) is 13.5. The molecule has 1 atom stereocenters. The highest BCUT2D eigenvalue weighted by atomic mass is 35.5. The summed E-state index contributed by atoms with van der Waals surface area (Å²) in [7, 11) is -4.30. The van der Waals surface area contributed by atoms with E-state index in [1.54, 1.807) is 24.4 Å². The second kappa shape index (κ2) is 11.7. The Balaban J connectivity index is 1.87. The minimum Gasteiger partial charge on any atom is -0.465 e. The van der Waals surface area contributed by atoms with Gasteiger partial charge in [0.1, 0.15) is 12.8 Å². The molecule has 9 nitrogen and oxygen atoms in total. The Hall–Kier alpha value is -1.94. The monoisotopic (exact) mass is 547 g/mol. The van der Waals surface area contributed by atoms with Crippen LogP contribution in [0.25, 0.3) is 0 Å². The molecule has 184 valence electrons. The Morgan fingerprint density at radius 2 is 1.97 bits per heavy atom. The fraction of sp³-hybridized carbons (Fsp3) is 0.333. The summed E-state index contributed by atoms with van der Waals surface area (Å²) in [5.74, 6) is 0.261. The first kappa shape index (κ1) is 26.7. The molecule has 0 fully saturated rings. The predicted octanol–water partition coefficient (Wildman–Crippen LogP) is 4.42. The number of thioether (sulfide) groups is 1. The van der Waals surface area contributed by atoms with Gasteiger partial charge in [-0.1, -0.05) is 54.9 Å². The number of nitrogens with one attached hydrogen (secondary N) is 1. The number of carbonyl (C=O) groups excluding carboxylic acids is 1. The molecule has 1 aliphatic rings. The van der Waals surface area contributed by atoms with Crippen molar-refractivity contribution in [2.24, 2.45) is 5.92 Å². The molecule has 1 aromatic carbocycles. The molecular weight excluding hydrogens is 524 g/mol. The lowest BCUT2D eigenvalue weighted by Crippen LogP contribution is -2.40. The van der Waals surface area contributed by atoms with Crippen LogP contribution >= 0.6 is 42.6 Å². The van der Waals surface area contributed by atoms with Crippen LogP contribution in [0.1, 0.15) is 19.4 Å². The molecule has 3 N–H and O–H groups in total. The summed E-state index contributed by atoms with van der Waals surface area (Å²) in [5.41, 5.74) is 1.80. The molecule has 2 aromatic rings. The van der Waals surface area contributed by atoms with Gasteiger partial charge in [-0.25, -0.2) is 4.98 Å². The van der Waals surface area contributed by atoms with E-state index >= 15 is 0 Å². The van der Waals surface area contributed by atoms with Gasteiger partial charge in [0.2, 0.25) is 5.88 Å². The van der Waals surface area contributed by atoms with Crippen molar-refractivity contribution in [1.29, 1.82) is 0 Å². The van der Waals surface area contributed by atoms with Gasteiger partial charge in [-0.2, -0.15) is 0 Å². The lowest BCUT2D eigenvalue weighted by molar-refractivity contribution is -0.130. The van der Waals surface area contributed by atoms with E-state index in [1.165, 1.54) is 11.8 Å². The SMILES string of the molecule is CC(C)C1=C(Sc2cc(Cl)cc(Cl)c2)N(Cc2ccc(OCP(=O)(O)O)nc2)C(COC=O)N1. The number of hydrogen-bond donors (Lipinski definition) is 3. The molecule has 0 spiro atoms. The lowest BCUT2D eigenvalue weighted by atomic mass is 10.1. The number of aromatic nitrogens is 1. The molecule has 0 aliphatic carbocycles. The number of benzene rings is 1. The molecule has 13 heteroatoms. The zero-order valence-electron chi connectivity index (χ0n) is 18.4. The highest BCUT2D eigenvalue weighted by Crippen LogP contribution is 2.40. The second-order valence-electron chi connectivity index (χ2n) is 7.74. The molecule has 1 unspecified atom stereocenters. The maximum absolute atomic E-state index is 11.0. The average molecular weight is 548 g/mol. The molecule has 0 radical (unpaired) electrons. The normalized spacial score (nSPS) is 16.1. The molecule has 34 heavy (non-hydrogen) atoms. The van der Waals surface area contributed by atoms with Crippen molar-refractivity contribution >= 4 is 49.0 Å². The van der Waals surface area contributed by atoms with E-state index in [0.717, 1.165) is 21.2 Å². The van der Waals surface area contributed by atoms with Gasteiger partial charge in [0.05, 0.1) is 5.03 Å². The number of rotatable bonds is 11. The van der Waals surface area contributed by atoms with E-state index in [9.17, 15) is 9.36 Å². The third-order valence-corrected chi connectivity index (χ3v) is 6.69. The number of pyridine rings is 1. The Morgan fingerprint density at radius 1 is 1.26 bits per heavy atom. The van der Waals surface area contributed by atoms with E-state index in [4.69, 9.17) is 42.5 Å². The molecule has 0 saturated heterocycles. The Kier molecular flexibility index (Phi) is 9.14. The summed E-state index contributed by atoms with van der Waals surface area (Å²) in [6.07, 6.45) is 0.507. The minimum atomic E-state index is -4.30. The van der Waals surface area contributed by atoms with Crippen LogP contribution in [-0.4, -0.2) is 45.3 Å². The van der Waals surface area contributed by atoms with Crippen molar-refractivity contribution in [2.75, 3.05) is 13.0 Å². The van der Waals surface area contributed by atoms with Crippen LogP contribution in [0.4, 0.5) is 0 Å². The molecular formula is C21H24Cl2N3O6PS. The topological polar surface area (TPSA) is 121 Å². The van der Waals surface area contributed by atoms with Gasteiger partial charge in [0.15, 0.2) is 6.35 Å². The Bertz CT molecular complexity index is 1080. The van der Waals surface area contributed by atoms with Crippen LogP contribution in [0.3, 0.4) is 0 Å². The summed E-state index contributed by atoms with van der Waals surface area (Å²) in [5, 5.41) is 5.42. The number of allylic oxidation sites excluding steroid dienone is 1. The molecule has 3 rings (SSSR count). The second-order valence-corrected chi connectivity index (χ2v) is 11.3. The zero-order chi connectivity index (χ0) is 24.9. The van der Waals surface area contributed by atoms with Gasteiger partial charge >= 0.3 is 7.60 Å². The summed E-state index contributed by atoms with van der Waals surface area (Å²) in [6, 6.07) is 8.61. The summed E-state index contributed by atoms with van der Waals surface area (Å²) >= 11 is 13.9. The van der Waals surface area contributed by atoms with Crippen LogP contribution in [0.15, 0.2) is 52.2 Å². The molecule has 1 aromatic heterocycles. The maximum atomic E-state index is 11.0. The van der Waals surface area contributed by atoms with Crippen LogP contribution < -0.4 is 10.1 Å². The van der Waals surface area contributed by atoms with Crippen LogP contribution in [0.2, 0.25) is 10.0 Å². The minimum absolute atomic E-state index is 0.106. The van der Waals surface area contributed by atoms with Gasteiger partial charge in [0, 0.05) is 39.4 Å². The van der Waals surface area contributed by atoms with Crippen LogP contribution in [0.5, 0.6) is 5.88 Å². The largest absolute Gasteiger partial charge is 0.465 e. The fourth-order valence-corrected chi connectivity index (χ4v) is 5.49. The van der Waals surface area contributed by atoms with Crippen molar-refractivity contribution in [3.63, 3.8) is 0 Å². The van der Waals surface area contributed by atoms with Gasteiger partial charge in [-0.3, -0.25) is 9.36 Å². The smallest absolute Gasteiger partial charge is 0.362 e. The van der Waals surface area contributed by atoms with Crippen LogP contribution in [0, 0.1) is 5.92 Å². The van der Waals surface area contributed by atoms with Gasteiger partial charge in [-0.15, -0.1) is 0 Å². The summed E-state index contributed by atoms with van der Waals surface area (Å²) in [4.78, 5) is 35.8. The quantitative estimate of drug-likeness (QED) is 0.275. The van der Waals surface area contributed by atoms with Gasteiger partial charge in [-0.05, 0) is 29.7 Å². The average Bonchev–Trinajstić information content (AvgIpc) is 3.07. The van der Waals surface area contributed by atoms with Gasteiger partial charge in [0.25, 0.3) is 6.47 Å². The van der Waals surface area contributed by atoms with E-state index in [-0.39, 0.29) is 24.6 Å². The third-order valence-electron chi connectivity index (χ3n) is 4.67. The number of nitrogens with zero attached hydrogens (tertiary/aromatic N) is 2. The number of hydrogen-bond acceptors (Lipinski definition) is 8. The zero-order valence-corrected chi connectivity index (χ0v) is 21.6. The fourth-order valence-electron chi connectivity index (χ4n) is 3.22. The lowest BCUT2D eigenvalue weighted by Gasteiger charge is -2.28. The van der Waals surface area contributed by atoms with Gasteiger partial charge < -0.3 is 29.5 Å². The summed E-state index contributed by atoms with van der Waals surface area (Å²) < 4.78 is 21.1. The van der Waals surface area contributed by atoms with Crippen molar-refractivity contribution in [3.8, 4) is 5.88 Å². The standard InChI is InChI=1S/C21H24Cl2N3O6PS/c1-13(2)20-21(34-17-6-15(22)5-16(23)7-17)26(18(25-20)10-31-11-27)9-14-3-4-19(24-8-14)32-12-33(28,29)30/h3-8,11,13,18,25H,9-10,12H2,1-2H3,(H2,28,29,30). The van der Waals surface area contributed by atoms with E-state index in [0.29, 0.717) is 23.1 Å². The number of halogens is 2. The number of ether oxygens (including phenoxy) is 2.